The lowest BCUT2D eigenvalue weighted by molar-refractivity contribution is -0.120. The minimum atomic E-state index is -0.889. The van der Waals surface area contributed by atoms with Crippen molar-refractivity contribution in [1.29, 1.82) is 0 Å². The molecular formula is C14H20BNO3. The molecule has 1 heterocycles. The van der Waals surface area contributed by atoms with Crippen LogP contribution < -0.4 is 5.32 Å². The molecule has 0 radical (unpaired) electrons. The summed E-state index contributed by atoms with van der Waals surface area (Å²) in [5, 5.41) is 12.7. The van der Waals surface area contributed by atoms with Gasteiger partial charge in [-0.25, -0.2) is 0 Å². The molecule has 1 atom stereocenters. The van der Waals surface area contributed by atoms with E-state index in [1.807, 2.05) is 30.3 Å². The maximum absolute atomic E-state index is 11.9. The van der Waals surface area contributed by atoms with Crippen LogP contribution in [0, 0.1) is 0 Å². The molecule has 1 aromatic carbocycles. The van der Waals surface area contributed by atoms with Crippen molar-refractivity contribution in [2.24, 2.45) is 0 Å². The van der Waals surface area contributed by atoms with Crippen LogP contribution in [-0.4, -0.2) is 30.6 Å². The molecule has 1 aliphatic rings. The minimum absolute atomic E-state index is 0.0700. The highest BCUT2D eigenvalue weighted by Crippen LogP contribution is 2.11. The first-order chi connectivity index (χ1) is 9.25. The van der Waals surface area contributed by atoms with Gasteiger partial charge in [-0.15, -0.1) is 0 Å². The van der Waals surface area contributed by atoms with E-state index >= 15 is 0 Å². The normalized spacial score (nSPS) is 20.5. The van der Waals surface area contributed by atoms with Crippen molar-refractivity contribution in [2.45, 2.75) is 38.0 Å². The Labute approximate surface area is 114 Å². The second-order valence-corrected chi connectivity index (χ2v) is 4.95. The molecule has 1 saturated heterocycles. The van der Waals surface area contributed by atoms with Crippen LogP contribution in [0.25, 0.3) is 0 Å². The Bertz CT molecular complexity index is 399. The molecule has 4 nitrogen and oxygen atoms in total. The number of hydrogen-bond donors (Lipinski definition) is 2. The third-order valence-electron chi connectivity index (χ3n) is 3.35. The molecule has 1 aliphatic heterocycles. The van der Waals surface area contributed by atoms with Crippen molar-refractivity contribution in [3.05, 3.63) is 35.9 Å². The highest BCUT2D eigenvalue weighted by molar-refractivity contribution is 6.45. The molecule has 2 rings (SSSR count). The maximum Gasteiger partial charge on any atom is 0.478 e. The lowest BCUT2D eigenvalue weighted by Crippen LogP contribution is -2.49. The molecule has 2 N–H and O–H groups in total. The van der Waals surface area contributed by atoms with Crippen molar-refractivity contribution < 1.29 is 14.5 Å². The Balaban J connectivity index is 1.86. The van der Waals surface area contributed by atoms with Gasteiger partial charge < -0.3 is 15.0 Å². The van der Waals surface area contributed by atoms with E-state index in [2.05, 4.69) is 5.32 Å². The van der Waals surface area contributed by atoms with Gasteiger partial charge in [0.25, 0.3) is 0 Å². The summed E-state index contributed by atoms with van der Waals surface area (Å²) in [6, 6.07) is 9.59. The van der Waals surface area contributed by atoms with Crippen LogP contribution in [-0.2, 0) is 15.9 Å². The summed E-state index contributed by atoms with van der Waals surface area (Å²) in [7, 11) is -0.889. The van der Waals surface area contributed by atoms with Crippen LogP contribution in [0.15, 0.2) is 30.3 Å². The SMILES string of the molecule is O=C(Cc1ccccc1)NC1CCCCCOB1O. The summed E-state index contributed by atoms with van der Waals surface area (Å²) in [4.78, 5) is 11.9. The Morgan fingerprint density at radius 2 is 2.11 bits per heavy atom. The average Bonchev–Trinajstić information content (AvgIpc) is 2.40. The Hall–Kier alpha value is -1.33. The van der Waals surface area contributed by atoms with E-state index in [4.69, 9.17) is 4.65 Å². The number of amides is 1. The van der Waals surface area contributed by atoms with Crippen LogP contribution in [0.1, 0.15) is 31.2 Å². The Kier molecular flexibility index (Phi) is 5.42. The van der Waals surface area contributed by atoms with E-state index in [1.54, 1.807) is 0 Å². The van der Waals surface area contributed by atoms with E-state index in [0.29, 0.717) is 13.0 Å². The third-order valence-corrected chi connectivity index (χ3v) is 3.35. The molecule has 0 aromatic heterocycles. The summed E-state index contributed by atoms with van der Waals surface area (Å²) in [5.74, 6) is -0.365. The molecule has 1 amide bonds. The van der Waals surface area contributed by atoms with Crippen LogP contribution in [0.5, 0.6) is 0 Å². The molecule has 5 heteroatoms. The molecule has 0 bridgehead atoms. The summed E-state index contributed by atoms with van der Waals surface area (Å²) >= 11 is 0. The monoisotopic (exact) mass is 261 g/mol. The molecule has 0 spiro atoms. The molecule has 1 unspecified atom stereocenters. The van der Waals surface area contributed by atoms with Gasteiger partial charge in [-0.05, 0) is 18.4 Å². The fraction of sp³-hybridized carbons (Fsp3) is 0.500. The van der Waals surface area contributed by atoms with Crippen LogP contribution >= 0.6 is 0 Å². The second-order valence-electron chi connectivity index (χ2n) is 4.95. The number of rotatable bonds is 3. The summed E-state index contributed by atoms with van der Waals surface area (Å²) in [5.41, 5.74) is 0.973. The van der Waals surface area contributed by atoms with Crippen molar-refractivity contribution >= 4 is 13.0 Å². The lowest BCUT2D eigenvalue weighted by atomic mass is 9.75. The Morgan fingerprint density at radius 1 is 1.32 bits per heavy atom. The number of benzene rings is 1. The quantitative estimate of drug-likeness (QED) is 0.807. The molecule has 0 saturated carbocycles. The number of carbonyl (C=O) groups excluding carboxylic acids is 1. The fourth-order valence-corrected chi connectivity index (χ4v) is 2.29. The molecule has 0 aliphatic carbocycles. The van der Waals surface area contributed by atoms with Crippen molar-refractivity contribution in [3.63, 3.8) is 0 Å². The first kappa shape index (κ1) is 14.1. The smallest absolute Gasteiger partial charge is 0.426 e. The molecule has 1 fully saturated rings. The first-order valence-corrected chi connectivity index (χ1v) is 6.88. The molecule has 102 valence electrons. The van der Waals surface area contributed by atoms with Gasteiger partial charge in [0.15, 0.2) is 0 Å². The Morgan fingerprint density at radius 3 is 2.89 bits per heavy atom. The van der Waals surface area contributed by atoms with Gasteiger partial charge in [-0.1, -0.05) is 43.2 Å². The summed E-state index contributed by atoms with van der Waals surface area (Å²) in [6.07, 6.45) is 4.17. The zero-order valence-electron chi connectivity index (χ0n) is 11.0. The number of hydrogen-bond acceptors (Lipinski definition) is 3. The zero-order valence-corrected chi connectivity index (χ0v) is 11.0. The summed E-state index contributed by atoms with van der Waals surface area (Å²) in [6.45, 7) is 0.562. The van der Waals surface area contributed by atoms with E-state index in [0.717, 1.165) is 31.2 Å². The van der Waals surface area contributed by atoms with Crippen LogP contribution in [0.4, 0.5) is 0 Å². The van der Waals surface area contributed by atoms with Crippen molar-refractivity contribution in [1.82, 2.24) is 5.32 Å². The highest BCUT2D eigenvalue weighted by atomic mass is 16.5. The predicted octanol–water partition coefficient (Wildman–Crippen LogP) is 1.32. The predicted molar refractivity (Wildman–Crippen MR) is 74.5 cm³/mol. The van der Waals surface area contributed by atoms with Gasteiger partial charge in [0.1, 0.15) is 0 Å². The van der Waals surface area contributed by atoms with Crippen LogP contribution in [0.2, 0.25) is 0 Å². The van der Waals surface area contributed by atoms with E-state index in [-0.39, 0.29) is 11.8 Å². The average molecular weight is 261 g/mol. The van der Waals surface area contributed by atoms with Gasteiger partial charge in [-0.2, -0.15) is 0 Å². The van der Waals surface area contributed by atoms with E-state index in [1.165, 1.54) is 0 Å². The highest BCUT2D eigenvalue weighted by Gasteiger charge is 2.29. The van der Waals surface area contributed by atoms with Gasteiger partial charge in [-0.3, -0.25) is 4.79 Å². The topological polar surface area (TPSA) is 58.6 Å². The van der Waals surface area contributed by atoms with Gasteiger partial charge in [0.2, 0.25) is 5.91 Å². The van der Waals surface area contributed by atoms with Gasteiger partial charge in [0, 0.05) is 6.61 Å². The maximum atomic E-state index is 11.9. The largest absolute Gasteiger partial charge is 0.478 e. The van der Waals surface area contributed by atoms with Crippen molar-refractivity contribution in [3.8, 4) is 0 Å². The lowest BCUT2D eigenvalue weighted by Gasteiger charge is -2.23. The number of carbonyl (C=O) groups is 1. The van der Waals surface area contributed by atoms with Crippen molar-refractivity contribution in [2.75, 3.05) is 6.61 Å². The van der Waals surface area contributed by atoms with Crippen LogP contribution in [0.3, 0.4) is 0 Å². The third kappa shape index (κ3) is 4.69. The molecule has 19 heavy (non-hydrogen) atoms. The molecule has 1 aromatic rings. The fourth-order valence-electron chi connectivity index (χ4n) is 2.29. The first-order valence-electron chi connectivity index (χ1n) is 6.88. The zero-order chi connectivity index (χ0) is 13.5. The second kappa shape index (κ2) is 7.31. The molecular weight excluding hydrogens is 241 g/mol. The van der Waals surface area contributed by atoms with E-state index < -0.39 is 7.12 Å². The van der Waals surface area contributed by atoms with Gasteiger partial charge >= 0.3 is 7.12 Å². The summed E-state index contributed by atoms with van der Waals surface area (Å²) < 4.78 is 5.29. The van der Waals surface area contributed by atoms with Gasteiger partial charge in [0.05, 0.1) is 12.4 Å². The number of nitrogens with one attached hydrogen (secondary N) is 1. The van der Waals surface area contributed by atoms with E-state index in [9.17, 15) is 9.82 Å². The minimum Gasteiger partial charge on any atom is -0.426 e. The standard InChI is InChI=1S/C14H20BNO3/c17-14(11-12-7-3-1-4-8-12)16-13-9-5-2-6-10-19-15(13)18/h1,3-4,7-8,13,18H,2,5-6,9-11H2,(H,16,17).